The van der Waals surface area contributed by atoms with E-state index in [1.807, 2.05) is 0 Å². The van der Waals surface area contributed by atoms with Crippen molar-refractivity contribution < 1.29 is 4.39 Å². The number of benzene rings is 1. The van der Waals surface area contributed by atoms with Crippen LogP contribution in [0.1, 0.15) is 11.1 Å². The highest BCUT2D eigenvalue weighted by Crippen LogP contribution is 2.04. The molecule has 0 spiro atoms. The van der Waals surface area contributed by atoms with Crippen molar-refractivity contribution in [3.8, 4) is 0 Å². The number of halogens is 1. The SMILES string of the molecule is NC(=S)c1cccn(Cc2ccc(F)cc2)c1=O. The van der Waals surface area contributed by atoms with E-state index < -0.39 is 0 Å². The second-order valence-electron chi connectivity index (χ2n) is 3.85. The monoisotopic (exact) mass is 262 g/mol. The topological polar surface area (TPSA) is 48.0 Å². The molecule has 92 valence electrons. The number of hydrogen-bond donors (Lipinski definition) is 1. The predicted octanol–water partition coefficient (Wildman–Crippen LogP) is 1.67. The maximum Gasteiger partial charge on any atom is 0.261 e. The van der Waals surface area contributed by atoms with Gasteiger partial charge < -0.3 is 10.3 Å². The lowest BCUT2D eigenvalue weighted by Crippen LogP contribution is -2.28. The third-order valence-electron chi connectivity index (χ3n) is 2.55. The quantitative estimate of drug-likeness (QED) is 0.856. The molecule has 0 aliphatic rings. The molecule has 18 heavy (non-hydrogen) atoms. The third kappa shape index (κ3) is 2.62. The first-order chi connectivity index (χ1) is 8.58. The summed E-state index contributed by atoms with van der Waals surface area (Å²) in [4.78, 5) is 12.1. The molecule has 1 heterocycles. The highest BCUT2D eigenvalue weighted by molar-refractivity contribution is 7.80. The summed E-state index contributed by atoms with van der Waals surface area (Å²) in [6.07, 6.45) is 1.65. The number of nitrogens with zero attached hydrogens (tertiary/aromatic N) is 1. The average Bonchev–Trinajstić information content (AvgIpc) is 2.34. The van der Waals surface area contributed by atoms with Gasteiger partial charge in [-0.05, 0) is 29.8 Å². The first-order valence-electron chi connectivity index (χ1n) is 5.31. The Morgan fingerprint density at radius 1 is 1.28 bits per heavy atom. The second kappa shape index (κ2) is 5.10. The lowest BCUT2D eigenvalue weighted by molar-refractivity contribution is 0.626. The highest BCUT2D eigenvalue weighted by Gasteiger charge is 2.05. The van der Waals surface area contributed by atoms with Gasteiger partial charge in [0.05, 0.1) is 12.1 Å². The number of thiocarbonyl (C=S) groups is 1. The standard InChI is InChI=1S/C13H11FN2OS/c14-10-5-3-9(4-6-10)8-16-7-1-2-11(12(15)18)13(16)17/h1-7H,8H2,(H2,15,18). The summed E-state index contributed by atoms with van der Waals surface area (Å²) in [7, 11) is 0. The van der Waals surface area contributed by atoms with Gasteiger partial charge in [0.2, 0.25) is 0 Å². The fourth-order valence-corrected chi connectivity index (χ4v) is 1.79. The van der Waals surface area contributed by atoms with Crippen LogP contribution in [0.25, 0.3) is 0 Å². The number of nitrogens with two attached hydrogens (primary N) is 1. The van der Waals surface area contributed by atoms with E-state index in [1.165, 1.54) is 16.7 Å². The molecule has 0 atom stereocenters. The van der Waals surface area contributed by atoms with Gasteiger partial charge in [0, 0.05) is 6.20 Å². The van der Waals surface area contributed by atoms with Gasteiger partial charge in [-0.3, -0.25) is 4.79 Å². The van der Waals surface area contributed by atoms with Crippen molar-refractivity contribution in [1.82, 2.24) is 4.57 Å². The molecule has 2 rings (SSSR count). The minimum atomic E-state index is -0.303. The summed E-state index contributed by atoms with van der Waals surface area (Å²) in [5, 5.41) is 0. The summed E-state index contributed by atoms with van der Waals surface area (Å²) in [6, 6.07) is 9.28. The van der Waals surface area contributed by atoms with Crippen molar-refractivity contribution >= 4 is 17.2 Å². The van der Waals surface area contributed by atoms with E-state index in [0.717, 1.165) is 5.56 Å². The molecule has 0 aliphatic carbocycles. The summed E-state index contributed by atoms with van der Waals surface area (Å²) in [6.45, 7) is 0.357. The third-order valence-corrected chi connectivity index (χ3v) is 2.77. The number of rotatable bonds is 3. The highest BCUT2D eigenvalue weighted by atomic mass is 32.1. The molecule has 1 aromatic heterocycles. The largest absolute Gasteiger partial charge is 0.389 e. The Labute approximate surface area is 109 Å². The molecule has 0 unspecified atom stereocenters. The van der Waals surface area contributed by atoms with Gasteiger partial charge in [0.1, 0.15) is 10.8 Å². The minimum absolute atomic E-state index is 0.0773. The Morgan fingerprint density at radius 3 is 2.56 bits per heavy atom. The van der Waals surface area contributed by atoms with Crippen molar-refractivity contribution in [2.75, 3.05) is 0 Å². The maximum absolute atomic E-state index is 12.8. The van der Waals surface area contributed by atoms with Crippen molar-refractivity contribution in [2.45, 2.75) is 6.54 Å². The molecule has 0 radical (unpaired) electrons. The number of pyridine rings is 1. The molecule has 0 saturated carbocycles. The van der Waals surface area contributed by atoms with Crippen LogP contribution in [0.5, 0.6) is 0 Å². The number of aromatic nitrogens is 1. The molecule has 0 aliphatic heterocycles. The Bertz CT molecular complexity index is 634. The zero-order chi connectivity index (χ0) is 13.1. The zero-order valence-corrected chi connectivity index (χ0v) is 10.3. The molecular weight excluding hydrogens is 251 g/mol. The molecule has 2 aromatic rings. The lowest BCUT2D eigenvalue weighted by atomic mass is 10.2. The lowest BCUT2D eigenvalue weighted by Gasteiger charge is -2.07. The van der Waals surface area contributed by atoms with Crippen LogP contribution in [0, 0.1) is 5.82 Å². The van der Waals surface area contributed by atoms with E-state index in [-0.39, 0.29) is 16.4 Å². The van der Waals surface area contributed by atoms with Crippen LogP contribution in [0.4, 0.5) is 4.39 Å². The molecule has 0 bridgehead atoms. The van der Waals surface area contributed by atoms with Crippen LogP contribution in [0.3, 0.4) is 0 Å². The van der Waals surface area contributed by atoms with Crippen LogP contribution >= 0.6 is 12.2 Å². The van der Waals surface area contributed by atoms with Crippen LogP contribution in [-0.2, 0) is 6.54 Å². The molecule has 2 N–H and O–H groups in total. The van der Waals surface area contributed by atoms with Gasteiger partial charge in [-0.25, -0.2) is 4.39 Å². The van der Waals surface area contributed by atoms with Gasteiger partial charge in [-0.1, -0.05) is 24.4 Å². The molecular formula is C13H11FN2OS. The molecule has 0 saturated heterocycles. The van der Waals surface area contributed by atoms with Gasteiger partial charge in [-0.15, -0.1) is 0 Å². The van der Waals surface area contributed by atoms with Crippen LogP contribution in [0.2, 0.25) is 0 Å². The maximum atomic E-state index is 12.8. The van der Waals surface area contributed by atoms with Crippen molar-refractivity contribution in [3.63, 3.8) is 0 Å². The Kier molecular flexibility index (Phi) is 3.53. The fourth-order valence-electron chi connectivity index (χ4n) is 1.64. The first kappa shape index (κ1) is 12.4. The Hall–Kier alpha value is -2.01. The smallest absolute Gasteiger partial charge is 0.261 e. The van der Waals surface area contributed by atoms with Gasteiger partial charge in [0.25, 0.3) is 5.56 Å². The first-order valence-corrected chi connectivity index (χ1v) is 5.72. The second-order valence-corrected chi connectivity index (χ2v) is 4.29. The van der Waals surface area contributed by atoms with Gasteiger partial charge in [0.15, 0.2) is 0 Å². The Balaban J connectivity index is 2.35. The van der Waals surface area contributed by atoms with Crippen LogP contribution in [-0.4, -0.2) is 9.56 Å². The van der Waals surface area contributed by atoms with E-state index in [4.69, 9.17) is 18.0 Å². The summed E-state index contributed by atoms with van der Waals surface area (Å²) >= 11 is 4.81. The molecule has 5 heteroatoms. The molecule has 1 aromatic carbocycles. The predicted molar refractivity (Wildman–Crippen MR) is 72.1 cm³/mol. The fraction of sp³-hybridized carbons (Fsp3) is 0.0769. The summed E-state index contributed by atoms with van der Waals surface area (Å²) in [5.74, 6) is -0.303. The van der Waals surface area contributed by atoms with Crippen LogP contribution < -0.4 is 11.3 Å². The van der Waals surface area contributed by atoms with Crippen molar-refractivity contribution in [2.24, 2.45) is 5.73 Å². The van der Waals surface area contributed by atoms with E-state index in [0.29, 0.717) is 12.1 Å². The number of hydrogen-bond acceptors (Lipinski definition) is 2. The van der Waals surface area contributed by atoms with Crippen LogP contribution in [0.15, 0.2) is 47.4 Å². The zero-order valence-electron chi connectivity index (χ0n) is 9.47. The van der Waals surface area contributed by atoms with E-state index in [9.17, 15) is 9.18 Å². The van der Waals surface area contributed by atoms with E-state index in [1.54, 1.807) is 30.5 Å². The molecule has 0 fully saturated rings. The summed E-state index contributed by atoms with van der Waals surface area (Å²) in [5.41, 5.74) is 6.37. The average molecular weight is 262 g/mol. The van der Waals surface area contributed by atoms with Gasteiger partial charge >= 0.3 is 0 Å². The van der Waals surface area contributed by atoms with E-state index >= 15 is 0 Å². The molecule has 3 nitrogen and oxygen atoms in total. The summed E-state index contributed by atoms with van der Waals surface area (Å²) < 4.78 is 14.3. The minimum Gasteiger partial charge on any atom is -0.389 e. The Morgan fingerprint density at radius 2 is 1.94 bits per heavy atom. The normalized spacial score (nSPS) is 10.3. The van der Waals surface area contributed by atoms with Gasteiger partial charge in [-0.2, -0.15) is 0 Å². The van der Waals surface area contributed by atoms with Crippen molar-refractivity contribution in [1.29, 1.82) is 0 Å². The molecule has 0 amide bonds. The van der Waals surface area contributed by atoms with Crippen molar-refractivity contribution in [3.05, 3.63) is 69.9 Å². The van der Waals surface area contributed by atoms with E-state index in [2.05, 4.69) is 0 Å².